The summed E-state index contributed by atoms with van der Waals surface area (Å²) in [5.41, 5.74) is 4.11. The summed E-state index contributed by atoms with van der Waals surface area (Å²) in [7, 11) is 0. The van der Waals surface area contributed by atoms with E-state index < -0.39 is 42.8 Å². The third kappa shape index (κ3) is 3.81. The zero-order valence-corrected chi connectivity index (χ0v) is 16.9. The Labute approximate surface area is 180 Å². The second-order valence-corrected chi connectivity index (χ2v) is 7.38. The number of hydrogen-bond donors (Lipinski definition) is 2. The molecule has 3 heterocycles. The molecule has 32 heavy (non-hydrogen) atoms. The molecular formula is C20H20F3N5O4. The van der Waals surface area contributed by atoms with Gasteiger partial charge in [-0.15, -0.1) is 0 Å². The largest absolute Gasteiger partial charge is 0.459 e. The van der Waals surface area contributed by atoms with Crippen molar-refractivity contribution in [2.45, 2.75) is 24.7 Å². The van der Waals surface area contributed by atoms with Crippen molar-refractivity contribution in [1.29, 1.82) is 0 Å². The highest BCUT2D eigenvalue weighted by atomic mass is 19.1. The van der Waals surface area contributed by atoms with Crippen molar-refractivity contribution in [3.8, 4) is 5.88 Å². The minimum absolute atomic E-state index is 0.0875. The highest BCUT2D eigenvalue weighted by Gasteiger charge is 2.55. The van der Waals surface area contributed by atoms with E-state index in [1.165, 1.54) is 12.1 Å². The minimum atomic E-state index is -1.67. The van der Waals surface area contributed by atoms with Gasteiger partial charge in [-0.1, -0.05) is 0 Å². The number of amides is 1. The minimum Gasteiger partial charge on any atom is -0.459 e. The summed E-state index contributed by atoms with van der Waals surface area (Å²) in [6.07, 6.45) is 1.21. The number of ether oxygens (including phenoxy) is 3. The number of aromatic nitrogens is 2. The highest BCUT2D eigenvalue weighted by Crippen LogP contribution is 2.46. The van der Waals surface area contributed by atoms with Gasteiger partial charge >= 0.3 is 0 Å². The van der Waals surface area contributed by atoms with E-state index in [0.717, 1.165) is 18.5 Å². The number of nitrogens with zero attached hydrogens (tertiary/aromatic N) is 3. The maximum atomic E-state index is 14.9. The molecule has 12 heteroatoms. The summed E-state index contributed by atoms with van der Waals surface area (Å²) in [5, 5.41) is 2.55. The van der Waals surface area contributed by atoms with Crippen LogP contribution in [0.25, 0.3) is 0 Å². The first-order valence-electron chi connectivity index (χ1n) is 9.69. The predicted octanol–water partition coefficient (Wildman–Crippen LogP) is 2.09. The van der Waals surface area contributed by atoms with E-state index in [-0.39, 0.29) is 41.6 Å². The van der Waals surface area contributed by atoms with Crippen molar-refractivity contribution in [3.63, 3.8) is 0 Å². The number of amidine groups is 1. The molecule has 4 rings (SSSR count). The summed E-state index contributed by atoms with van der Waals surface area (Å²) >= 11 is 0. The number of carbonyl (C=O) groups is 1. The monoisotopic (exact) mass is 451 g/mol. The third-order valence-corrected chi connectivity index (χ3v) is 5.54. The van der Waals surface area contributed by atoms with Gasteiger partial charge in [-0.2, -0.15) is 0 Å². The SMILES string of the molecule is C[C@@H]1OC[C@H]2[C@@H]1OC(N)=N[C@]2(CF)c1cc(NC(=O)c2cnc(OCF)cn2)ccc1F. The molecule has 2 aliphatic heterocycles. The fourth-order valence-electron chi connectivity index (χ4n) is 3.96. The number of carbonyl (C=O) groups excluding carboxylic acids is 1. The van der Waals surface area contributed by atoms with Crippen molar-refractivity contribution in [3.05, 3.63) is 47.7 Å². The molecule has 1 amide bonds. The summed E-state index contributed by atoms with van der Waals surface area (Å²) in [5.74, 6) is -2.09. The second kappa shape index (κ2) is 8.61. The molecule has 0 saturated carbocycles. The third-order valence-electron chi connectivity index (χ3n) is 5.54. The Balaban J connectivity index is 1.65. The van der Waals surface area contributed by atoms with Crippen LogP contribution in [0.5, 0.6) is 5.88 Å². The number of rotatable bonds is 6. The lowest BCUT2D eigenvalue weighted by molar-refractivity contribution is 0.0335. The van der Waals surface area contributed by atoms with Crippen LogP contribution in [0.1, 0.15) is 23.0 Å². The average molecular weight is 451 g/mol. The molecule has 2 aromatic rings. The summed E-state index contributed by atoms with van der Waals surface area (Å²) in [4.78, 5) is 24.2. The van der Waals surface area contributed by atoms with Crippen molar-refractivity contribution >= 4 is 17.6 Å². The number of anilines is 1. The lowest BCUT2D eigenvalue weighted by Gasteiger charge is -2.40. The first kappa shape index (κ1) is 21.8. The van der Waals surface area contributed by atoms with Gasteiger partial charge in [0, 0.05) is 11.3 Å². The number of alkyl halides is 2. The fourth-order valence-corrected chi connectivity index (χ4v) is 3.96. The van der Waals surface area contributed by atoms with Gasteiger partial charge in [0.15, 0.2) is 0 Å². The fraction of sp³-hybridized carbons (Fsp3) is 0.400. The molecule has 0 radical (unpaired) electrons. The van der Waals surface area contributed by atoms with Crippen LogP contribution in [0.4, 0.5) is 18.9 Å². The molecule has 2 aliphatic rings. The van der Waals surface area contributed by atoms with Crippen molar-refractivity contribution in [2.24, 2.45) is 16.6 Å². The van der Waals surface area contributed by atoms with Gasteiger partial charge in [0.05, 0.1) is 31.0 Å². The zero-order valence-electron chi connectivity index (χ0n) is 16.9. The number of aliphatic imine (C=N–C) groups is 1. The smallest absolute Gasteiger partial charge is 0.283 e. The van der Waals surface area contributed by atoms with Crippen LogP contribution in [-0.4, -0.2) is 54.2 Å². The Kier molecular flexibility index (Phi) is 5.87. The van der Waals surface area contributed by atoms with Gasteiger partial charge < -0.3 is 25.3 Å². The van der Waals surface area contributed by atoms with E-state index in [9.17, 15) is 18.0 Å². The standard InChI is InChI=1S/C20H20F3N5O4/c1-10-17-13(7-30-10)20(8-21,28-19(24)32-17)12-4-11(2-3-14(12)23)27-18(29)15-5-26-16(6-25-15)31-9-22/h2-6,10,13,17H,7-9H2,1H3,(H2,24,28)(H,27,29)/t10-,13-,17+,20+/m0/s1. The normalized spacial score (nSPS) is 26.6. The average Bonchev–Trinajstić information content (AvgIpc) is 3.16. The van der Waals surface area contributed by atoms with Gasteiger partial charge in [-0.05, 0) is 25.1 Å². The first-order valence-corrected chi connectivity index (χ1v) is 9.69. The van der Waals surface area contributed by atoms with Crippen molar-refractivity contribution < 1.29 is 32.2 Å². The zero-order chi connectivity index (χ0) is 22.9. The van der Waals surface area contributed by atoms with Crippen molar-refractivity contribution in [2.75, 3.05) is 25.5 Å². The lowest BCUT2D eigenvalue weighted by atomic mass is 9.75. The maximum absolute atomic E-state index is 14.9. The topological polar surface area (TPSA) is 121 Å². The number of benzene rings is 1. The van der Waals surface area contributed by atoms with Crippen LogP contribution in [0.15, 0.2) is 35.6 Å². The number of nitrogens with two attached hydrogens (primary N) is 1. The Morgan fingerprint density at radius 3 is 2.84 bits per heavy atom. The molecule has 0 aliphatic carbocycles. The van der Waals surface area contributed by atoms with Gasteiger partial charge in [-0.3, -0.25) is 4.79 Å². The summed E-state index contributed by atoms with van der Waals surface area (Å²) in [6, 6.07) is 3.44. The Morgan fingerprint density at radius 1 is 1.34 bits per heavy atom. The Hall–Kier alpha value is -3.41. The molecule has 1 aromatic carbocycles. The van der Waals surface area contributed by atoms with E-state index in [1.807, 2.05) is 0 Å². The molecule has 0 spiro atoms. The molecule has 1 fully saturated rings. The molecule has 0 unspecified atom stereocenters. The van der Waals surface area contributed by atoms with Crippen LogP contribution < -0.4 is 15.8 Å². The molecular weight excluding hydrogens is 431 g/mol. The predicted molar refractivity (Wildman–Crippen MR) is 106 cm³/mol. The van der Waals surface area contributed by atoms with Gasteiger partial charge in [0.2, 0.25) is 12.7 Å². The first-order chi connectivity index (χ1) is 15.4. The van der Waals surface area contributed by atoms with Gasteiger partial charge in [-0.25, -0.2) is 28.1 Å². The lowest BCUT2D eigenvalue weighted by Crippen LogP contribution is -2.51. The maximum Gasteiger partial charge on any atom is 0.283 e. The number of hydrogen-bond acceptors (Lipinski definition) is 8. The molecule has 0 bridgehead atoms. The van der Waals surface area contributed by atoms with Crippen LogP contribution >= 0.6 is 0 Å². The molecule has 1 aromatic heterocycles. The van der Waals surface area contributed by atoms with Crippen LogP contribution in [-0.2, 0) is 15.0 Å². The quantitative estimate of drug-likeness (QED) is 0.690. The van der Waals surface area contributed by atoms with Crippen molar-refractivity contribution in [1.82, 2.24) is 9.97 Å². The molecule has 1 saturated heterocycles. The molecule has 3 N–H and O–H groups in total. The van der Waals surface area contributed by atoms with Crippen LogP contribution in [0, 0.1) is 11.7 Å². The molecule has 9 nitrogen and oxygen atoms in total. The van der Waals surface area contributed by atoms with E-state index >= 15 is 0 Å². The van der Waals surface area contributed by atoms with Crippen LogP contribution in [0.2, 0.25) is 0 Å². The molecule has 4 atom stereocenters. The Bertz CT molecular complexity index is 1040. The van der Waals surface area contributed by atoms with E-state index in [2.05, 4.69) is 25.0 Å². The molecule has 170 valence electrons. The second-order valence-electron chi connectivity index (χ2n) is 7.38. The van der Waals surface area contributed by atoms with Crippen LogP contribution in [0.3, 0.4) is 0 Å². The highest BCUT2D eigenvalue weighted by molar-refractivity contribution is 6.02. The van der Waals surface area contributed by atoms with Gasteiger partial charge in [0.1, 0.15) is 29.8 Å². The number of fused-ring (bicyclic) bond motifs is 1. The van der Waals surface area contributed by atoms with Gasteiger partial charge in [0.25, 0.3) is 11.9 Å². The van der Waals surface area contributed by atoms with E-state index in [4.69, 9.17) is 15.2 Å². The number of halogens is 3. The summed E-state index contributed by atoms with van der Waals surface area (Å²) < 4.78 is 57.2. The van der Waals surface area contributed by atoms with E-state index in [1.54, 1.807) is 6.92 Å². The van der Waals surface area contributed by atoms with E-state index in [0.29, 0.717) is 0 Å². The number of nitrogens with one attached hydrogen (secondary N) is 1. The Morgan fingerprint density at radius 2 is 2.16 bits per heavy atom. The summed E-state index contributed by atoms with van der Waals surface area (Å²) in [6.45, 7) is -0.279.